The van der Waals surface area contributed by atoms with E-state index in [1.54, 1.807) is 0 Å². The number of amides is 1. The van der Waals surface area contributed by atoms with E-state index >= 15 is 0 Å². The van der Waals surface area contributed by atoms with Gasteiger partial charge in [0, 0.05) is 18.9 Å². The molecule has 2 saturated heterocycles. The van der Waals surface area contributed by atoms with Crippen LogP contribution in [0.4, 0.5) is 0 Å². The van der Waals surface area contributed by atoms with E-state index in [4.69, 9.17) is 9.57 Å². The Hall–Kier alpha value is -0.650. The van der Waals surface area contributed by atoms with Gasteiger partial charge in [-0.3, -0.25) is 4.79 Å². The maximum absolute atomic E-state index is 11.7. The lowest BCUT2D eigenvalue weighted by atomic mass is 9.98. The molecular weight excluding hydrogens is 208 g/mol. The molecule has 2 fully saturated rings. The van der Waals surface area contributed by atoms with Crippen molar-refractivity contribution in [1.29, 1.82) is 0 Å². The lowest BCUT2D eigenvalue weighted by Crippen LogP contribution is -2.40. The molecule has 2 heterocycles. The molecule has 5 heteroatoms. The number of ether oxygens (including phenoxy) is 1. The highest BCUT2D eigenvalue weighted by Crippen LogP contribution is 2.14. The van der Waals surface area contributed by atoms with Gasteiger partial charge in [-0.25, -0.2) is 10.3 Å². The van der Waals surface area contributed by atoms with Crippen LogP contribution in [0, 0.1) is 5.92 Å². The maximum atomic E-state index is 11.7. The van der Waals surface area contributed by atoms with Crippen LogP contribution in [0.1, 0.15) is 32.1 Å². The number of rotatable bonds is 3. The average molecular weight is 228 g/mol. The van der Waals surface area contributed by atoms with E-state index in [0.29, 0.717) is 0 Å². The van der Waals surface area contributed by atoms with Gasteiger partial charge in [0.15, 0.2) is 6.29 Å². The van der Waals surface area contributed by atoms with Gasteiger partial charge in [-0.1, -0.05) is 0 Å². The molecule has 0 aliphatic carbocycles. The molecule has 2 aliphatic heterocycles. The van der Waals surface area contributed by atoms with E-state index in [1.807, 2.05) is 0 Å². The van der Waals surface area contributed by atoms with Gasteiger partial charge in [0.05, 0.1) is 0 Å². The summed E-state index contributed by atoms with van der Waals surface area (Å²) in [6.45, 7) is 2.56. The van der Waals surface area contributed by atoms with E-state index in [0.717, 1.165) is 51.8 Å². The Labute approximate surface area is 95.8 Å². The lowest BCUT2D eigenvalue weighted by Gasteiger charge is -2.25. The van der Waals surface area contributed by atoms with E-state index < -0.39 is 0 Å². The second-order valence-corrected chi connectivity index (χ2v) is 4.40. The Kier molecular flexibility index (Phi) is 4.56. The SMILES string of the molecule is O=C(NOC1CCCCO1)C1CCNCC1. The van der Waals surface area contributed by atoms with Crippen LogP contribution in [-0.4, -0.2) is 31.9 Å². The quantitative estimate of drug-likeness (QED) is 0.693. The molecule has 2 aliphatic rings. The van der Waals surface area contributed by atoms with Crippen LogP contribution in [-0.2, 0) is 14.4 Å². The molecule has 0 aromatic heterocycles. The molecule has 2 N–H and O–H groups in total. The summed E-state index contributed by atoms with van der Waals surface area (Å²) in [4.78, 5) is 17.0. The first-order chi connectivity index (χ1) is 7.86. The number of piperidine rings is 1. The summed E-state index contributed by atoms with van der Waals surface area (Å²) in [6, 6.07) is 0. The van der Waals surface area contributed by atoms with Crippen LogP contribution >= 0.6 is 0 Å². The summed E-state index contributed by atoms with van der Waals surface area (Å²) >= 11 is 0. The van der Waals surface area contributed by atoms with Crippen molar-refractivity contribution < 1.29 is 14.4 Å². The van der Waals surface area contributed by atoms with Crippen LogP contribution < -0.4 is 10.8 Å². The molecule has 92 valence electrons. The number of hydroxylamine groups is 1. The second-order valence-electron chi connectivity index (χ2n) is 4.40. The zero-order valence-electron chi connectivity index (χ0n) is 9.54. The Morgan fingerprint density at radius 2 is 2.06 bits per heavy atom. The third kappa shape index (κ3) is 3.43. The number of hydrogen-bond acceptors (Lipinski definition) is 4. The monoisotopic (exact) mass is 228 g/mol. The molecule has 1 amide bonds. The van der Waals surface area contributed by atoms with Gasteiger partial charge < -0.3 is 10.1 Å². The normalized spacial score (nSPS) is 27.6. The zero-order valence-corrected chi connectivity index (χ0v) is 9.54. The first-order valence-corrected chi connectivity index (χ1v) is 6.14. The van der Waals surface area contributed by atoms with Crippen molar-refractivity contribution >= 4 is 5.91 Å². The average Bonchev–Trinajstić information content (AvgIpc) is 2.38. The summed E-state index contributed by atoms with van der Waals surface area (Å²) in [7, 11) is 0. The largest absolute Gasteiger partial charge is 0.350 e. The Morgan fingerprint density at radius 3 is 2.75 bits per heavy atom. The summed E-state index contributed by atoms with van der Waals surface area (Å²) in [5.41, 5.74) is 2.53. The molecule has 1 unspecified atom stereocenters. The molecule has 0 radical (unpaired) electrons. The molecule has 0 aromatic carbocycles. The predicted molar refractivity (Wildman–Crippen MR) is 58.4 cm³/mol. The highest BCUT2D eigenvalue weighted by atomic mass is 16.8. The number of carbonyl (C=O) groups excluding carboxylic acids is 1. The van der Waals surface area contributed by atoms with Crippen LogP contribution in [0.25, 0.3) is 0 Å². The van der Waals surface area contributed by atoms with Crippen molar-refractivity contribution in [3.8, 4) is 0 Å². The van der Waals surface area contributed by atoms with Gasteiger partial charge in [-0.15, -0.1) is 0 Å². The maximum Gasteiger partial charge on any atom is 0.246 e. The smallest absolute Gasteiger partial charge is 0.246 e. The van der Waals surface area contributed by atoms with Crippen molar-refractivity contribution in [2.75, 3.05) is 19.7 Å². The number of nitrogens with one attached hydrogen (secondary N) is 2. The number of carbonyl (C=O) groups is 1. The van der Waals surface area contributed by atoms with E-state index in [2.05, 4.69) is 10.8 Å². The molecule has 0 bridgehead atoms. The summed E-state index contributed by atoms with van der Waals surface area (Å²) in [5.74, 6) is 0.0838. The van der Waals surface area contributed by atoms with Gasteiger partial charge in [0.2, 0.25) is 5.91 Å². The first-order valence-electron chi connectivity index (χ1n) is 6.14. The van der Waals surface area contributed by atoms with Crippen LogP contribution in [0.15, 0.2) is 0 Å². The number of hydrogen-bond donors (Lipinski definition) is 2. The molecule has 1 atom stereocenters. The standard InChI is InChI=1S/C11H20N2O3/c14-11(9-4-6-12-7-5-9)13-16-10-3-1-2-8-15-10/h9-10,12H,1-8H2,(H,13,14). The highest BCUT2D eigenvalue weighted by molar-refractivity contribution is 5.77. The highest BCUT2D eigenvalue weighted by Gasteiger charge is 2.22. The van der Waals surface area contributed by atoms with Crippen molar-refractivity contribution in [3.05, 3.63) is 0 Å². The van der Waals surface area contributed by atoms with E-state index in [-0.39, 0.29) is 18.1 Å². The summed E-state index contributed by atoms with van der Waals surface area (Å²) in [6.07, 6.45) is 4.59. The molecule has 0 saturated carbocycles. The molecule has 0 spiro atoms. The molecular formula is C11H20N2O3. The predicted octanol–water partition coefficient (Wildman–Crippen LogP) is 0.560. The molecule has 5 nitrogen and oxygen atoms in total. The first kappa shape index (κ1) is 11.8. The van der Waals surface area contributed by atoms with Crippen molar-refractivity contribution in [2.24, 2.45) is 5.92 Å². The van der Waals surface area contributed by atoms with Crippen molar-refractivity contribution in [1.82, 2.24) is 10.8 Å². The minimum Gasteiger partial charge on any atom is -0.350 e. The minimum atomic E-state index is -0.251. The fourth-order valence-electron chi connectivity index (χ4n) is 2.10. The third-order valence-electron chi connectivity index (χ3n) is 3.14. The van der Waals surface area contributed by atoms with Crippen LogP contribution in [0.2, 0.25) is 0 Å². The lowest BCUT2D eigenvalue weighted by molar-refractivity contribution is -0.202. The Bertz CT molecular complexity index is 223. The molecule has 0 aromatic rings. The van der Waals surface area contributed by atoms with Gasteiger partial charge in [-0.05, 0) is 38.8 Å². The van der Waals surface area contributed by atoms with Gasteiger partial charge in [0.25, 0.3) is 0 Å². The second kappa shape index (κ2) is 6.18. The van der Waals surface area contributed by atoms with Gasteiger partial charge in [-0.2, -0.15) is 0 Å². The van der Waals surface area contributed by atoms with Crippen molar-refractivity contribution in [2.45, 2.75) is 38.4 Å². The minimum absolute atomic E-state index is 0.00401. The van der Waals surface area contributed by atoms with E-state index in [1.165, 1.54) is 0 Å². The fraction of sp³-hybridized carbons (Fsp3) is 0.909. The van der Waals surface area contributed by atoms with Crippen LogP contribution in [0.5, 0.6) is 0 Å². The zero-order chi connectivity index (χ0) is 11.2. The Balaban J connectivity index is 1.65. The van der Waals surface area contributed by atoms with E-state index in [9.17, 15) is 4.79 Å². The Morgan fingerprint density at radius 1 is 1.25 bits per heavy atom. The van der Waals surface area contributed by atoms with Gasteiger partial charge >= 0.3 is 0 Å². The van der Waals surface area contributed by atoms with Crippen molar-refractivity contribution in [3.63, 3.8) is 0 Å². The third-order valence-corrected chi connectivity index (χ3v) is 3.14. The fourth-order valence-corrected chi connectivity index (χ4v) is 2.10. The summed E-state index contributed by atoms with van der Waals surface area (Å²) < 4.78 is 5.37. The molecule has 2 rings (SSSR count). The topological polar surface area (TPSA) is 59.6 Å². The summed E-state index contributed by atoms with van der Waals surface area (Å²) in [5, 5.41) is 3.23. The van der Waals surface area contributed by atoms with Gasteiger partial charge in [0.1, 0.15) is 0 Å². The van der Waals surface area contributed by atoms with Crippen LogP contribution in [0.3, 0.4) is 0 Å². The molecule has 16 heavy (non-hydrogen) atoms.